The van der Waals surface area contributed by atoms with Crippen LogP contribution in [0, 0.1) is 0 Å². The lowest BCUT2D eigenvalue weighted by Gasteiger charge is -2.10. The lowest BCUT2D eigenvalue weighted by atomic mass is 10.1. The summed E-state index contributed by atoms with van der Waals surface area (Å²) < 4.78 is 1.11. The molecule has 2 heterocycles. The van der Waals surface area contributed by atoms with Crippen LogP contribution in [0.25, 0.3) is 0 Å². The fourth-order valence-corrected chi connectivity index (χ4v) is 2.24. The molecule has 2 aromatic rings. The van der Waals surface area contributed by atoms with Gasteiger partial charge in [0.2, 0.25) is 0 Å². The average Bonchev–Trinajstić information content (AvgIpc) is 2.35. The SMILES string of the molecule is CC(C)c1c(Cl)[nH]c(=O)n(Cc2ccccn2)c1=O. The second-order valence-electron chi connectivity index (χ2n) is 4.52. The van der Waals surface area contributed by atoms with E-state index in [0.717, 1.165) is 4.57 Å². The summed E-state index contributed by atoms with van der Waals surface area (Å²) in [4.78, 5) is 30.7. The van der Waals surface area contributed by atoms with Crippen LogP contribution >= 0.6 is 11.6 Å². The van der Waals surface area contributed by atoms with E-state index >= 15 is 0 Å². The fourth-order valence-electron chi connectivity index (χ4n) is 1.86. The predicted molar refractivity (Wildman–Crippen MR) is 73.8 cm³/mol. The third-order valence-electron chi connectivity index (χ3n) is 2.80. The first-order chi connectivity index (χ1) is 9.00. The molecule has 0 amide bonds. The lowest BCUT2D eigenvalue weighted by Crippen LogP contribution is -2.38. The van der Waals surface area contributed by atoms with E-state index in [4.69, 9.17) is 11.6 Å². The van der Waals surface area contributed by atoms with E-state index in [9.17, 15) is 9.59 Å². The summed E-state index contributed by atoms with van der Waals surface area (Å²) in [5, 5.41) is 0.113. The number of halogens is 1. The highest BCUT2D eigenvalue weighted by molar-refractivity contribution is 6.30. The number of hydrogen-bond donors (Lipinski definition) is 1. The predicted octanol–water partition coefficient (Wildman–Crippen LogP) is 1.76. The maximum Gasteiger partial charge on any atom is 0.329 e. The van der Waals surface area contributed by atoms with E-state index in [1.807, 2.05) is 13.8 Å². The number of pyridine rings is 1. The Bertz CT molecular complexity index is 689. The van der Waals surface area contributed by atoms with Crippen LogP contribution in [0.1, 0.15) is 31.0 Å². The Balaban J connectivity index is 2.56. The Kier molecular flexibility index (Phi) is 3.85. The minimum atomic E-state index is -0.523. The standard InChI is InChI=1S/C13H14ClN3O2/c1-8(2)10-11(14)16-13(19)17(12(10)18)7-9-5-3-4-6-15-9/h3-6,8H,7H2,1-2H3,(H,16,19). The molecule has 0 radical (unpaired) electrons. The quantitative estimate of drug-likeness (QED) is 0.871. The minimum Gasteiger partial charge on any atom is -0.297 e. The highest BCUT2D eigenvalue weighted by atomic mass is 35.5. The molecular weight excluding hydrogens is 266 g/mol. The van der Waals surface area contributed by atoms with Crippen molar-refractivity contribution in [3.8, 4) is 0 Å². The Morgan fingerprint density at radius 1 is 1.37 bits per heavy atom. The van der Waals surface area contributed by atoms with Gasteiger partial charge in [-0.2, -0.15) is 0 Å². The van der Waals surface area contributed by atoms with Gasteiger partial charge in [-0.25, -0.2) is 4.79 Å². The van der Waals surface area contributed by atoms with Gasteiger partial charge in [0.05, 0.1) is 17.8 Å². The molecule has 0 saturated heterocycles. The third kappa shape index (κ3) is 2.76. The van der Waals surface area contributed by atoms with Crippen molar-refractivity contribution in [3.63, 3.8) is 0 Å². The van der Waals surface area contributed by atoms with Gasteiger partial charge in [0.25, 0.3) is 5.56 Å². The van der Waals surface area contributed by atoms with Gasteiger partial charge < -0.3 is 0 Å². The normalized spacial score (nSPS) is 10.9. The molecule has 0 atom stereocenters. The number of hydrogen-bond acceptors (Lipinski definition) is 3. The Hall–Kier alpha value is -1.88. The third-order valence-corrected chi connectivity index (χ3v) is 3.10. The van der Waals surface area contributed by atoms with Crippen molar-refractivity contribution in [3.05, 3.63) is 61.6 Å². The van der Waals surface area contributed by atoms with Crippen LogP contribution < -0.4 is 11.2 Å². The molecule has 100 valence electrons. The molecule has 0 spiro atoms. The molecule has 0 bridgehead atoms. The maximum atomic E-state index is 12.3. The molecule has 0 saturated carbocycles. The average molecular weight is 280 g/mol. The highest BCUT2D eigenvalue weighted by Gasteiger charge is 2.15. The van der Waals surface area contributed by atoms with Gasteiger partial charge in [-0.05, 0) is 18.1 Å². The van der Waals surface area contributed by atoms with E-state index in [0.29, 0.717) is 11.3 Å². The van der Waals surface area contributed by atoms with Gasteiger partial charge in [0.15, 0.2) is 0 Å². The van der Waals surface area contributed by atoms with Crippen LogP contribution in [0.15, 0.2) is 34.0 Å². The number of aromatic amines is 1. The summed E-state index contributed by atoms with van der Waals surface area (Å²) in [7, 11) is 0. The second kappa shape index (κ2) is 5.40. The largest absolute Gasteiger partial charge is 0.329 e. The van der Waals surface area contributed by atoms with Crippen molar-refractivity contribution in [2.24, 2.45) is 0 Å². The van der Waals surface area contributed by atoms with Gasteiger partial charge in [0.1, 0.15) is 5.15 Å². The molecule has 2 rings (SSSR count). The zero-order valence-electron chi connectivity index (χ0n) is 10.7. The van der Waals surface area contributed by atoms with E-state index < -0.39 is 5.69 Å². The van der Waals surface area contributed by atoms with E-state index in [-0.39, 0.29) is 23.2 Å². The summed E-state index contributed by atoms with van der Waals surface area (Å²) in [5.74, 6) is -0.0631. The minimum absolute atomic E-state index is 0.0631. The topological polar surface area (TPSA) is 67.8 Å². The molecule has 0 fully saturated rings. The molecule has 0 aromatic carbocycles. The Morgan fingerprint density at radius 3 is 2.68 bits per heavy atom. The van der Waals surface area contributed by atoms with Crippen molar-refractivity contribution < 1.29 is 0 Å². The Labute approximate surface area is 114 Å². The van der Waals surface area contributed by atoms with Crippen LogP contribution in [0.4, 0.5) is 0 Å². The summed E-state index contributed by atoms with van der Waals surface area (Å²) in [6, 6.07) is 5.34. The molecule has 5 nitrogen and oxygen atoms in total. The van der Waals surface area contributed by atoms with Crippen molar-refractivity contribution >= 4 is 11.6 Å². The molecule has 0 aliphatic carbocycles. The lowest BCUT2D eigenvalue weighted by molar-refractivity contribution is 0.659. The Morgan fingerprint density at radius 2 is 2.11 bits per heavy atom. The molecule has 0 unspecified atom stereocenters. The first kappa shape index (κ1) is 13.5. The van der Waals surface area contributed by atoms with Gasteiger partial charge in [-0.15, -0.1) is 0 Å². The van der Waals surface area contributed by atoms with Crippen LogP contribution in [0.5, 0.6) is 0 Å². The number of rotatable bonds is 3. The van der Waals surface area contributed by atoms with Gasteiger partial charge >= 0.3 is 5.69 Å². The van der Waals surface area contributed by atoms with Crippen molar-refractivity contribution in [1.29, 1.82) is 0 Å². The smallest absolute Gasteiger partial charge is 0.297 e. The van der Waals surface area contributed by atoms with Crippen LogP contribution in [-0.4, -0.2) is 14.5 Å². The van der Waals surface area contributed by atoms with Gasteiger partial charge in [0, 0.05) is 6.20 Å². The van der Waals surface area contributed by atoms with Crippen molar-refractivity contribution in [1.82, 2.24) is 14.5 Å². The number of H-pyrrole nitrogens is 1. The zero-order valence-corrected chi connectivity index (χ0v) is 11.4. The monoisotopic (exact) mass is 279 g/mol. The molecule has 6 heteroatoms. The first-order valence-corrected chi connectivity index (χ1v) is 6.31. The number of aromatic nitrogens is 3. The second-order valence-corrected chi connectivity index (χ2v) is 4.90. The summed E-state index contributed by atoms with van der Waals surface area (Å²) in [6.07, 6.45) is 1.62. The van der Waals surface area contributed by atoms with Gasteiger partial charge in [-0.1, -0.05) is 31.5 Å². The number of nitrogens with one attached hydrogen (secondary N) is 1. The molecule has 0 aliphatic rings. The zero-order chi connectivity index (χ0) is 14.0. The van der Waals surface area contributed by atoms with Crippen LogP contribution in [0.2, 0.25) is 5.15 Å². The molecular formula is C13H14ClN3O2. The van der Waals surface area contributed by atoms with Crippen LogP contribution in [-0.2, 0) is 6.54 Å². The van der Waals surface area contributed by atoms with E-state index in [1.54, 1.807) is 24.4 Å². The summed E-state index contributed by atoms with van der Waals surface area (Å²) in [5.41, 5.74) is 0.170. The van der Waals surface area contributed by atoms with E-state index in [2.05, 4.69) is 9.97 Å². The molecule has 19 heavy (non-hydrogen) atoms. The van der Waals surface area contributed by atoms with Crippen molar-refractivity contribution in [2.75, 3.05) is 0 Å². The summed E-state index contributed by atoms with van der Waals surface area (Å²) >= 11 is 5.92. The van der Waals surface area contributed by atoms with Gasteiger partial charge in [-0.3, -0.25) is 19.3 Å². The molecule has 2 aromatic heterocycles. The molecule has 1 N–H and O–H groups in total. The fraction of sp³-hybridized carbons (Fsp3) is 0.308. The maximum absolute atomic E-state index is 12.3. The number of nitrogens with zero attached hydrogens (tertiary/aromatic N) is 2. The van der Waals surface area contributed by atoms with Crippen LogP contribution in [0.3, 0.4) is 0 Å². The van der Waals surface area contributed by atoms with Crippen molar-refractivity contribution in [2.45, 2.75) is 26.3 Å². The summed E-state index contributed by atoms with van der Waals surface area (Å²) in [6.45, 7) is 3.84. The highest BCUT2D eigenvalue weighted by Crippen LogP contribution is 2.16. The molecule has 0 aliphatic heterocycles. The first-order valence-electron chi connectivity index (χ1n) is 5.93. The van der Waals surface area contributed by atoms with E-state index in [1.165, 1.54) is 0 Å².